The Labute approximate surface area is 185 Å². The van der Waals surface area contributed by atoms with E-state index in [9.17, 15) is 8.42 Å². The van der Waals surface area contributed by atoms with Crippen LogP contribution in [0.25, 0.3) is 17.2 Å². The molecule has 4 heterocycles. The van der Waals surface area contributed by atoms with Crippen molar-refractivity contribution in [3.05, 3.63) is 72.8 Å². The number of rotatable bonds is 6. The fraction of sp³-hybridized carbons (Fsp3) is 0.273. The number of hydrogen-bond donors (Lipinski definition) is 0. The predicted molar refractivity (Wildman–Crippen MR) is 117 cm³/mol. The van der Waals surface area contributed by atoms with Crippen molar-refractivity contribution in [1.82, 2.24) is 29.6 Å². The van der Waals surface area contributed by atoms with Crippen molar-refractivity contribution in [2.24, 2.45) is 0 Å². The Morgan fingerprint density at radius 2 is 2.00 bits per heavy atom. The molecule has 1 aromatic carbocycles. The first-order valence-electron chi connectivity index (χ1n) is 10.3. The van der Waals surface area contributed by atoms with Crippen LogP contribution in [0.5, 0.6) is 0 Å². The summed E-state index contributed by atoms with van der Waals surface area (Å²) < 4.78 is 30.8. The van der Waals surface area contributed by atoms with Crippen LogP contribution < -0.4 is 0 Å². The highest BCUT2D eigenvalue weighted by molar-refractivity contribution is 7.90. The average Bonchev–Trinajstić information content (AvgIpc) is 3.55. The second-order valence-electron chi connectivity index (χ2n) is 7.88. The Morgan fingerprint density at radius 3 is 2.69 bits per heavy atom. The molecule has 1 atom stereocenters. The first kappa shape index (κ1) is 20.5. The molecule has 1 saturated heterocycles. The molecule has 164 valence electrons. The average molecular weight is 451 g/mol. The summed E-state index contributed by atoms with van der Waals surface area (Å²) in [5.41, 5.74) is 1.83. The maximum Gasteiger partial charge on any atom is 0.244 e. The van der Waals surface area contributed by atoms with Gasteiger partial charge in [0.1, 0.15) is 12.1 Å². The van der Waals surface area contributed by atoms with E-state index in [0.717, 1.165) is 36.3 Å². The zero-order chi connectivity index (χ0) is 22.1. The minimum Gasteiger partial charge on any atom is -0.337 e. The second kappa shape index (κ2) is 8.29. The lowest BCUT2D eigenvalue weighted by Crippen LogP contribution is -2.23. The normalized spacial score (nSPS) is 17.1. The van der Waals surface area contributed by atoms with E-state index in [1.807, 2.05) is 35.0 Å². The third-order valence-electron chi connectivity index (χ3n) is 5.60. The van der Waals surface area contributed by atoms with Gasteiger partial charge in [-0.2, -0.15) is 4.98 Å². The van der Waals surface area contributed by atoms with Gasteiger partial charge in [-0.3, -0.25) is 9.47 Å². The van der Waals surface area contributed by atoms with Gasteiger partial charge in [-0.1, -0.05) is 17.3 Å². The molecular weight excluding hydrogens is 428 g/mol. The molecule has 0 saturated carbocycles. The van der Waals surface area contributed by atoms with Gasteiger partial charge in [0.15, 0.2) is 9.84 Å². The minimum absolute atomic E-state index is 0.0315. The van der Waals surface area contributed by atoms with Crippen LogP contribution >= 0.6 is 0 Å². The molecule has 1 fully saturated rings. The van der Waals surface area contributed by atoms with E-state index in [1.165, 1.54) is 6.26 Å². The van der Waals surface area contributed by atoms with Gasteiger partial charge in [0, 0.05) is 37.0 Å². The summed E-state index contributed by atoms with van der Waals surface area (Å²) in [6.07, 6.45) is 10.1. The van der Waals surface area contributed by atoms with E-state index in [2.05, 4.69) is 25.0 Å². The fourth-order valence-corrected chi connectivity index (χ4v) is 4.56. The van der Waals surface area contributed by atoms with Gasteiger partial charge in [0.25, 0.3) is 0 Å². The zero-order valence-corrected chi connectivity index (χ0v) is 18.3. The number of nitrogens with zero attached hydrogens (tertiary/aromatic N) is 6. The lowest BCUT2D eigenvalue weighted by molar-refractivity contribution is 0.201. The van der Waals surface area contributed by atoms with Crippen LogP contribution in [0.1, 0.15) is 30.3 Å². The van der Waals surface area contributed by atoms with Gasteiger partial charge in [-0.05, 0) is 49.2 Å². The van der Waals surface area contributed by atoms with E-state index in [-0.39, 0.29) is 6.04 Å². The molecular formula is C22H22N6O3S. The summed E-state index contributed by atoms with van der Waals surface area (Å²) in [6.45, 7) is 1.60. The smallest absolute Gasteiger partial charge is 0.244 e. The van der Waals surface area contributed by atoms with Crippen LogP contribution in [-0.2, 0) is 16.4 Å². The van der Waals surface area contributed by atoms with Gasteiger partial charge in [-0.15, -0.1) is 0 Å². The Bertz CT molecular complexity index is 1300. The quantitative estimate of drug-likeness (QED) is 0.441. The molecule has 0 bridgehead atoms. The van der Waals surface area contributed by atoms with Crippen LogP contribution in [0.2, 0.25) is 0 Å². The van der Waals surface area contributed by atoms with E-state index in [1.54, 1.807) is 30.9 Å². The molecule has 0 spiro atoms. The monoisotopic (exact) mass is 450 g/mol. The van der Waals surface area contributed by atoms with E-state index in [4.69, 9.17) is 4.52 Å². The first-order chi connectivity index (χ1) is 15.5. The van der Waals surface area contributed by atoms with Crippen molar-refractivity contribution >= 4 is 9.84 Å². The highest BCUT2D eigenvalue weighted by Gasteiger charge is 2.31. The minimum atomic E-state index is -3.20. The highest BCUT2D eigenvalue weighted by Crippen LogP contribution is 2.33. The van der Waals surface area contributed by atoms with Crippen LogP contribution in [0.3, 0.4) is 0 Å². The van der Waals surface area contributed by atoms with Crippen LogP contribution in [0.15, 0.2) is 70.7 Å². The van der Waals surface area contributed by atoms with Crippen molar-refractivity contribution in [3.63, 3.8) is 0 Å². The van der Waals surface area contributed by atoms with Crippen molar-refractivity contribution in [2.75, 3.05) is 12.8 Å². The molecule has 3 aromatic heterocycles. The summed E-state index contributed by atoms with van der Waals surface area (Å²) in [4.78, 5) is 15.7. The van der Waals surface area contributed by atoms with Gasteiger partial charge in [0.2, 0.25) is 11.7 Å². The lowest BCUT2D eigenvalue weighted by Gasteiger charge is -2.21. The number of aromatic nitrogens is 5. The maximum absolute atomic E-state index is 11.7. The number of sulfone groups is 1. The molecule has 0 unspecified atom stereocenters. The van der Waals surface area contributed by atoms with Gasteiger partial charge >= 0.3 is 0 Å². The SMILES string of the molecule is CS(=O)(=O)c1ccc(CN2CCC[C@H]2c2nc(-c3ccc(-n4ccnc4)nc3)no2)cc1. The van der Waals surface area contributed by atoms with Crippen molar-refractivity contribution in [2.45, 2.75) is 30.3 Å². The third kappa shape index (κ3) is 4.19. The lowest BCUT2D eigenvalue weighted by atomic mass is 10.2. The van der Waals surface area contributed by atoms with Crippen molar-refractivity contribution in [1.29, 1.82) is 0 Å². The molecule has 0 radical (unpaired) electrons. The second-order valence-corrected chi connectivity index (χ2v) is 9.89. The van der Waals surface area contributed by atoms with Crippen molar-refractivity contribution in [3.8, 4) is 17.2 Å². The molecule has 0 aliphatic carbocycles. The Kier molecular flexibility index (Phi) is 5.32. The number of hydrogen-bond acceptors (Lipinski definition) is 8. The van der Waals surface area contributed by atoms with Gasteiger partial charge in [0.05, 0.1) is 10.9 Å². The van der Waals surface area contributed by atoms with Crippen LogP contribution in [0.4, 0.5) is 0 Å². The molecule has 4 aromatic rings. The highest BCUT2D eigenvalue weighted by atomic mass is 32.2. The number of benzene rings is 1. The number of likely N-dealkylation sites (tertiary alicyclic amines) is 1. The first-order valence-corrected chi connectivity index (χ1v) is 12.2. The summed E-state index contributed by atoms with van der Waals surface area (Å²) >= 11 is 0. The molecule has 0 amide bonds. The molecule has 9 nitrogen and oxygen atoms in total. The fourth-order valence-electron chi connectivity index (χ4n) is 3.93. The Balaban J connectivity index is 1.31. The number of imidazole rings is 1. The summed E-state index contributed by atoms with van der Waals surface area (Å²) in [5.74, 6) is 1.86. The molecule has 1 aliphatic heterocycles. The van der Waals surface area contributed by atoms with E-state index >= 15 is 0 Å². The molecule has 1 aliphatic rings. The summed E-state index contributed by atoms with van der Waals surface area (Å²) in [6, 6.07) is 10.9. The maximum atomic E-state index is 11.7. The molecule has 10 heteroatoms. The van der Waals surface area contributed by atoms with Crippen LogP contribution in [0, 0.1) is 0 Å². The standard InChI is InChI=1S/C22H22N6O3S/c1-32(29,30)18-7-4-16(5-8-18)14-27-11-2-3-19(27)22-25-21(26-31-22)17-6-9-20(24-13-17)28-12-10-23-15-28/h4-10,12-13,15,19H,2-3,11,14H2,1H3/t19-/m0/s1. The predicted octanol–water partition coefficient (Wildman–Crippen LogP) is 3.06. The van der Waals surface area contributed by atoms with E-state index in [0.29, 0.717) is 23.2 Å². The van der Waals surface area contributed by atoms with Gasteiger partial charge in [-0.25, -0.2) is 18.4 Å². The molecule has 32 heavy (non-hydrogen) atoms. The summed E-state index contributed by atoms with van der Waals surface area (Å²) in [5, 5.41) is 4.16. The largest absolute Gasteiger partial charge is 0.337 e. The third-order valence-corrected chi connectivity index (χ3v) is 6.73. The topological polar surface area (TPSA) is 107 Å². The number of pyridine rings is 1. The molecule has 5 rings (SSSR count). The Hall–Kier alpha value is -3.37. The Morgan fingerprint density at radius 1 is 1.16 bits per heavy atom. The van der Waals surface area contributed by atoms with E-state index < -0.39 is 9.84 Å². The van der Waals surface area contributed by atoms with Crippen LogP contribution in [-0.4, -0.2) is 50.8 Å². The zero-order valence-electron chi connectivity index (χ0n) is 17.5. The van der Waals surface area contributed by atoms with Gasteiger partial charge < -0.3 is 4.52 Å². The van der Waals surface area contributed by atoms with Crippen molar-refractivity contribution < 1.29 is 12.9 Å². The summed E-state index contributed by atoms with van der Waals surface area (Å²) in [7, 11) is -3.20. The molecule has 0 N–H and O–H groups in total.